The molecule has 0 saturated carbocycles. The van der Waals surface area contributed by atoms with Crippen LogP contribution < -0.4 is 4.74 Å². The van der Waals surface area contributed by atoms with Crippen molar-refractivity contribution in [1.29, 1.82) is 0 Å². The van der Waals surface area contributed by atoms with Gasteiger partial charge in [-0.25, -0.2) is 4.79 Å². The zero-order chi connectivity index (χ0) is 13.1. The summed E-state index contributed by atoms with van der Waals surface area (Å²) in [5.41, 5.74) is 0.440. The Morgan fingerprint density at radius 1 is 0.947 bits per heavy atom. The summed E-state index contributed by atoms with van der Waals surface area (Å²) in [5, 5.41) is 2.16. The van der Waals surface area contributed by atoms with Crippen LogP contribution in [0, 0.1) is 0 Å². The van der Waals surface area contributed by atoms with E-state index in [4.69, 9.17) is 4.74 Å². The van der Waals surface area contributed by atoms with Crippen LogP contribution in [-0.4, -0.2) is 11.0 Å². The maximum absolute atomic E-state index is 11.9. The summed E-state index contributed by atoms with van der Waals surface area (Å²) >= 11 is 0. The lowest BCUT2D eigenvalue weighted by Crippen LogP contribution is -2.08. The number of esters is 1. The van der Waals surface area contributed by atoms with Gasteiger partial charge in [0.25, 0.3) is 0 Å². The first kappa shape index (κ1) is 11.4. The molecule has 19 heavy (non-hydrogen) atoms. The van der Waals surface area contributed by atoms with E-state index in [9.17, 15) is 4.79 Å². The largest absolute Gasteiger partial charge is 0.423 e. The van der Waals surface area contributed by atoms with Crippen LogP contribution in [0.15, 0.2) is 67.0 Å². The fourth-order valence-corrected chi connectivity index (χ4v) is 1.88. The third-order valence-corrected chi connectivity index (χ3v) is 2.83. The zero-order valence-electron chi connectivity index (χ0n) is 10.1. The molecule has 0 aliphatic heterocycles. The van der Waals surface area contributed by atoms with Crippen LogP contribution in [0.1, 0.15) is 10.4 Å². The van der Waals surface area contributed by atoms with Gasteiger partial charge in [0.15, 0.2) is 0 Å². The number of rotatable bonds is 2. The summed E-state index contributed by atoms with van der Waals surface area (Å²) in [6.45, 7) is 0. The predicted molar refractivity (Wildman–Crippen MR) is 73.1 cm³/mol. The molecular weight excluding hydrogens is 238 g/mol. The summed E-state index contributed by atoms with van der Waals surface area (Å²) in [6.07, 6.45) is 3.11. The second-order valence-electron chi connectivity index (χ2n) is 4.14. The van der Waals surface area contributed by atoms with Gasteiger partial charge in [-0.05, 0) is 35.0 Å². The number of carbonyl (C=O) groups excluding carboxylic acids is 1. The van der Waals surface area contributed by atoms with Crippen molar-refractivity contribution in [2.24, 2.45) is 0 Å². The quantitative estimate of drug-likeness (QED) is 0.515. The Hall–Kier alpha value is -2.68. The summed E-state index contributed by atoms with van der Waals surface area (Å²) in [7, 11) is 0. The number of pyridine rings is 1. The van der Waals surface area contributed by atoms with E-state index >= 15 is 0 Å². The van der Waals surface area contributed by atoms with Crippen molar-refractivity contribution >= 4 is 16.7 Å². The van der Waals surface area contributed by atoms with Gasteiger partial charge in [-0.3, -0.25) is 4.98 Å². The molecule has 3 heteroatoms. The molecule has 0 amide bonds. The molecule has 0 aliphatic carbocycles. The molecule has 0 aliphatic rings. The maximum Gasteiger partial charge on any atom is 0.345 e. The van der Waals surface area contributed by atoms with E-state index in [-0.39, 0.29) is 0 Å². The molecule has 92 valence electrons. The van der Waals surface area contributed by atoms with Gasteiger partial charge in [0.2, 0.25) is 0 Å². The number of nitrogens with zero attached hydrogens (tertiary/aromatic N) is 1. The molecule has 3 aromatic rings. The first-order valence-electron chi connectivity index (χ1n) is 5.94. The van der Waals surface area contributed by atoms with Gasteiger partial charge in [-0.2, -0.15) is 0 Å². The topological polar surface area (TPSA) is 39.2 Å². The van der Waals surface area contributed by atoms with Crippen molar-refractivity contribution in [3.8, 4) is 5.75 Å². The Balaban J connectivity index is 1.87. The van der Waals surface area contributed by atoms with Crippen molar-refractivity contribution in [2.75, 3.05) is 0 Å². The number of fused-ring (bicyclic) bond motifs is 1. The summed E-state index contributed by atoms with van der Waals surface area (Å²) < 4.78 is 5.33. The van der Waals surface area contributed by atoms with Crippen molar-refractivity contribution < 1.29 is 9.53 Å². The van der Waals surface area contributed by atoms with E-state index in [0.29, 0.717) is 11.3 Å². The Morgan fingerprint density at radius 2 is 1.79 bits per heavy atom. The summed E-state index contributed by atoms with van der Waals surface area (Å²) in [4.78, 5) is 15.8. The van der Waals surface area contributed by atoms with Gasteiger partial charge in [0.1, 0.15) is 5.75 Å². The number of hydrogen-bond donors (Lipinski definition) is 0. The normalized spacial score (nSPS) is 10.3. The van der Waals surface area contributed by atoms with Crippen molar-refractivity contribution in [2.45, 2.75) is 0 Å². The fraction of sp³-hybridized carbons (Fsp3) is 0. The molecule has 0 fully saturated rings. The molecule has 1 heterocycles. The minimum Gasteiger partial charge on any atom is -0.423 e. The lowest BCUT2D eigenvalue weighted by molar-refractivity contribution is 0.0734. The van der Waals surface area contributed by atoms with E-state index in [2.05, 4.69) is 4.98 Å². The molecule has 3 nitrogen and oxygen atoms in total. The number of benzene rings is 2. The Bertz CT molecular complexity index is 723. The lowest BCUT2D eigenvalue weighted by Gasteiger charge is -2.05. The first-order chi connectivity index (χ1) is 9.33. The predicted octanol–water partition coefficient (Wildman–Crippen LogP) is 3.45. The average molecular weight is 249 g/mol. The van der Waals surface area contributed by atoms with Gasteiger partial charge < -0.3 is 4.74 Å². The monoisotopic (exact) mass is 249 g/mol. The van der Waals surface area contributed by atoms with E-state index in [0.717, 1.165) is 10.8 Å². The molecule has 0 spiro atoms. The SMILES string of the molecule is O=C(Oc1ccc2ccccc2c1)c1cccnc1. The number of carbonyl (C=O) groups is 1. The molecule has 0 unspecified atom stereocenters. The smallest absolute Gasteiger partial charge is 0.345 e. The van der Waals surface area contributed by atoms with Crippen LogP contribution in [0.5, 0.6) is 5.75 Å². The summed E-state index contributed by atoms with van der Waals surface area (Å²) in [6, 6.07) is 16.9. The van der Waals surface area contributed by atoms with Gasteiger partial charge in [0, 0.05) is 12.4 Å². The molecular formula is C16H11NO2. The zero-order valence-corrected chi connectivity index (χ0v) is 10.1. The molecule has 1 aromatic heterocycles. The average Bonchev–Trinajstić information content (AvgIpc) is 2.48. The molecule has 0 atom stereocenters. The third-order valence-electron chi connectivity index (χ3n) is 2.83. The lowest BCUT2D eigenvalue weighted by atomic mass is 10.1. The van der Waals surface area contributed by atoms with Crippen LogP contribution in [0.2, 0.25) is 0 Å². The molecule has 2 aromatic carbocycles. The van der Waals surface area contributed by atoms with Gasteiger partial charge in [-0.15, -0.1) is 0 Å². The van der Waals surface area contributed by atoms with Crippen LogP contribution in [0.3, 0.4) is 0 Å². The minimum absolute atomic E-state index is 0.400. The van der Waals surface area contributed by atoms with Gasteiger partial charge >= 0.3 is 5.97 Å². The van der Waals surface area contributed by atoms with Crippen molar-refractivity contribution in [3.05, 3.63) is 72.6 Å². The highest BCUT2D eigenvalue weighted by Crippen LogP contribution is 2.21. The molecule has 3 rings (SSSR count). The Kier molecular flexibility index (Phi) is 2.94. The van der Waals surface area contributed by atoms with E-state index in [1.807, 2.05) is 36.4 Å². The van der Waals surface area contributed by atoms with E-state index in [1.54, 1.807) is 24.4 Å². The van der Waals surface area contributed by atoms with Crippen LogP contribution in [0.4, 0.5) is 0 Å². The first-order valence-corrected chi connectivity index (χ1v) is 5.94. The molecule has 0 radical (unpaired) electrons. The van der Waals surface area contributed by atoms with Gasteiger partial charge in [-0.1, -0.05) is 30.3 Å². The van der Waals surface area contributed by atoms with Crippen molar-refractivity contribution in [1.82, 2.24) is 4.98 Å². The van der Waals surface area contributed by atoms with Crippen LogP contribution >= 0.6 is 0 Å². The van der Waals surface area contributed by atoms with Crippen LogP contribution in [-0.2, 0) is 0 Å². The second-order valence-corrected chi connectivity index (χ2v) is 4.14. The van der Waals surface area contributed by atoms with Gasteiger partial charge in [0.05, 0.1) is 5.56 Å². The van der Waals surface area contributed by atoms with Crippen LogP contribution in [0.25, 0.3) is 10.8 Å². The van der Waals surface area contributed by atoms with Crippen molar-refractivity contribution in [3.63, 3.8) is 0 Å². The molecule has 0 saturated heterocycles. The third kappa shape index (κ3) is 2.45. The molecule has 0 N–H and O–H groups in total. The van der Waals surface area contributed by atoms with E-state index in [1.165, 1.54) is 6.20 Å². The molecule has 0 bridgehead atoms. The summed E-state index contributed by atoms with van der Waals surface area (Å²) in [5.74, 6) is 0.135. The highest BCUT2D eigenvalue weighted by molar-refractivity contribution is 5.91. The van der Waals surface area contributed by atoms with E-state index < -0.39 is 5.97 Å². The maximum atomic E-state index is 11.9. The fourth-order valence-electron chi connectivity index (χ4n) is 1.88. The number of ether oxygens (including phenoxy) is 1. The highest BCUT2D eigenvalue weighted by Gasteiger charge is 2.08. The second kappa shape index (κ2) is 4.90. The Morgan fingerprint density at radius 3 is 2.58 bits per heavy atom. The number of aromatic nitrogens is 1. The Labute approximate surface area is 110 Å². The number of hydrogen-bond acceptors (Lipinski definition) is 3. The highest BCUT2D eigenvalue weighted by atomic mass is 16.5. The standard InChI is InChI=1S/C16H11NO2/c18-16(14-6-3-9-17-11-14)19-15-8-7-12-4-1-2-5-13(12)10-15/h1-11H. The minimum atomic E-state index is -0.400.